The van der Waals surface area contributed by atoms with Crippen molar-refractivity contribution in [3.8, 4) is 0 Å². The summed E-state index contributed by atoms with van der Waals surface area (Å²) in [6.07, 6.45) is 24.8. The van der Waals surface area contributed by atoms with E-state index in [2.05, 4.69) is 27.2 Å². The fourth-order valence-electron chi connectivity index (χ4n) is 8.10. The van der Waals surface area contributed by atoms with Crippen LogP contribution in [-0.2, 0) is 13.6 Å². The van der Waals surface area contributed by atoms with Crippen LogP contribution in [0.4, 0.5) is 0 Å². The molecule has 208 valence electrons. The largest absolute Gasteiger partial charge is 0.756 e. The van der Waals surface area contributed by atoms with Crippen LogP contribution in [-0.4, -0.2) is 44.4 Å². The summed E-state index contributed by atoms with van der Waals surface area (Å²) in [5.74, 6) is 4.05. The monoisotopic (exact) mass is 523 g/mol. The molecule has 4 bridgehead atoms. The van der Waals surface area contributed by atoms with Crippen LogP contribution in [0.15, 0.2) is 11.6 Å². The van der Waals surface area contributed by atoms with Gasteiger partial charge in [0, 0.05) is 6.42 Å². The Kier molecular flexibility index (Phi) is 10.6. The number of likely N-dealkylation sites (N-methyl/N-ethyl adjacent to an activating group) is 1. The zero-order valence-corrected chi connectivity index (χ0v) is 24.4. The van der Waals surface area contributed by atoms with Gasteiger partial charge in [-0.3, -0.25) is 4.57 Å². The number of hydrogen-bond donors (Lipinski definition) is 0. The standard InChI is InChI=1S/C30H54NO4P/c1-31(2,3)29-16-12-13-17-30(29)35-36(32,33)34-18-14-10-8-6-4-5-7-9-11-15-28-26-20-24-19-25(22-26)23-27(28)21-24/h15,24-27,29-30H,4-14,16-23H2,1-3H3/t24?,25?,26?,27?,29-,30-/m0/s1. The van der Waals surface area contributed by atoms with Crippen LogP contribution in [0.2, 0.25) is 0 Å². The second-order valence-corrected chi connectivity index (χ2v) is 14.9. The summed E-state index contributed by atoms with van der Waals surface area (Å²) in [6, 6.07) is 0.207. The highest BCUT2D eigenvalue weighted by molar-refractivity contribution is 7.45. The van der Waals surface area contributed by atoms with Gasteiger partial charge in [0.15, 0.2) is 0 Å². The van der Waals surface area contributed by atoms with Gasteiger partial charge in [0.25, 0.3) is 7.82 Å². The lowest BCUT2D eigenvalue weighted by Gasteiger charge is -2.51. The summed E-state index contributed by atoms with van der Waals surface area (Å²) in [5.41, 5.74) is 1.87. The van der Waals surface area contributed by atoms with Crippen molar-refractivity contribution in [2.24, 2.45) is 23.7 Å². The molecular weight excluding hydrogens is 469 g/mol. The Bertz CT molecular complexity index is 731. The summed E-state index contributed by atoms with van der Waals surface area (Å²) in [6.45, 7) is 0.251. The van der Waals surface area contributed by atoms with Crippen molar-refractivity contribution in [3.63, 3.8) is 0 Å². The molecular formula is C30H54NO4P. The molecule has 36 heavy (non-hydrogen) atoms. The Labute approximate surface area is 221 Å². The van der Waals surface area contributed by atoms with Crippen LogP contribution in [0.1, 0.15) is 116 Å². The lowest BCUT2D eigenvalue weighted by molar-refractivity contribution is -0.900. The van der Waals surface area contributed by atoms with Crippen molar-refractivity contribution >= 4 is 7.82 Å². The second-order valence-electron chi connectivity index (χ2n) is 13.5. The predicted molar refractivity (Wildman–Crippen MR) is 145 cm³/mol. The molecule has 0 aromatic heterocycles. The van der Waals surface area contributed by atoms with E-state index >= 15 is 0 Å². The van der Waals surface area contributed by atoms with Crippen LogP contribution in [0.25, 0.3) is 0 Å². The minimum atomic E-state index is -4.23. The summed E-state index contributed by atoms with van der Waals surface area (Å²) in [7, 11) is 2.12. The fourth-order valence-corrected chi connectivity index (χ4v) is 9.09. The molecule has 0 aliphatic heterocycles. The first kappa shape index (κ1) is 28.8. The second kappa shape index (κ2) is 13.2. The van der Waals surface area contributed by atoms with E-state index in [0.29, 0.717) is 0 Å². The molecule has 6 heteroatoms. The highest BCUT2D eigenvalue weighted by Gasteiger charge is 2.44. The van der Waals surface area contributed by atoms with Gasteiger partial charge in [0.05, 0.1) is 27.7 Å². The first-order valence-corrected chi connectivity index (χ1v) is 16.8. The Morgan fingerprint density at radius 3 is 2.00 bits per heavy atom. The summed E-state index contributed by atoms with van der Waals surface area (Å²) < 4.78 is 23.9. The van der Waals surface area contributed by atoms with Crippen molar-refractivity contribution in [1.82, 2.24) is 0 Å². The number of nitrogens with zero attached hydrogens (tertiary/aromatic N) is 1. The molecule has 0 N–H and O–H groups in total. The molecule has 5 nitrogen and oxygen atoms in total. The van der Waals surface area contributed by atoms with Crippen molar-refractivity contribution in [2.75, 3.05) is 27.7 Å². The Hall–Kier alpha value is -0.190. The van der Waals surface area contributed by atoms with Gasteiger partial charge >= 0.3 is 0 Å². The van der Waals surface area contributed by atoms with E-state index in [9.17, 15) is 9.46 Å². The number of hydrogen-bond acceptors (Lipinski definition) is 4. The SMILES string of the molecule is C[N+](C)(C)[C@H]1CCCC[C@@H]1OP(=O)([O-])OCCCCCCCCCCC=C1C2CC3CC(C2)CC1C3. The smallest absolute Gasteiger partial charge is 0.268 e. The summed E-state index contributed by atoms with van der Waals surface area (Å²) >= 11 is 0. The number of allylic oxidation sites excluding steroid dienone is 2. The van der Waals surface area contributed by atoms with E-state index in [4.69, 9.17) is 9.05 Å². The van der Waals surface area contributed by atoms with Gasteiger partial charge in [0.2, 0.25) is 0 Å². The number of rotatable bonds is 15. The van der Waals surface area contributed by atoms with Crippen LogP contribution >= 0.6 is 7.82 Å². The maximum Gasteiger partial charge on any atom is 0.268 e. The fraction of sp³-hybridized carbons (Fsp3) is 0.933. The highest BCUT2D eigenvalue weighted by Crippen LogP contribution is 2.56. The zero-order chi connectivity index (χ0) is 25.6. The maximum absolute atomic E-state index is 12.4. The third-order valence-electron chi connectivity index (χ3n) is 9.74. The Balaban J connectivity index is 0.988. The molecule has 0 aromatic carbocycles. The molecule has 0 amide bonds. The van der Waals surface area contributed by atoms with Crippen LogP contribution in [0, 0.1) is 23.7 Å². The van der Waals surface area contributed by atoms with Crippen molar-refractivity contribution in [1.29, 1.82) is 0 Å². The molecule has 5 aliphatic carbocycles. The third kappa shape index (κ3) is 8.40. The van der Waals surface area contributed by atoms with E-state index in [0.717, 1.165) is 73.1 Å². The summed E-state index contributed by atoms with van der Waals surface area (Å²) in [4.78, 5) is 12.4. The Morgan fingerprint density at radius 2 is 1.39 bits per heavy atom. The Morgan fingerprint density at radius 1 is 0.833 bits per heavy atom. The average molecular weight is 524 g/mol. The van der Waals surface area contributed by atoms with Gasteiger partial charge < -0.3 is 18.4 Å². The van der Waals surface area contributed by atoms with E-state index in [1.54, 1.807) is 6.42 Å². The van der Waals surface area contributed by atoms with E-state index in [1.807, 2.05) is 5.57 Å². The van der Waals surface area contributed by atoms with Gasteiger partial charge in [-0.1, -0.05) is 56.6 Å². The van der Waals surface area contributed by atoms with Crippen molar-refractivity contribution in [2.45, 2.75) is 128 Å². The molecule has 5 aliphatic rings. The highest BCUT2D eigenvalue weighted by atomic mass is 31.2. The van der Waals surface area contributed by atoms with Crippen molar-refractivity contribution < 1.29 is 23.0 Å². The molecule has 5 rings (SSSR count). The van der Waals surface area contributed by atoms with Gasteiger partial charge in [-0.05, 0) is 87.9 Å². The van der Waals surface area contributed by atoms with Gasteiger partial charge in [-0.25, -0.2) is 0 Å². The number of phosphoric acid groups is 1. The average Bonchev–Trinajstić information content (AvgIpc) is 2.80. The normalized spacial score (nSPS) is 33.6. The molecule has 5 saturated carbocycles. The predicted octanol–water partition coefficient (Wildman–Crippen LogP) is 7.40. The zero-order valence-electron chi connectivity index (χ0n) is 23.5. The molecule has 0 radical (unpaired) electrons. The lowest BCUT2D eigenvalue weighted by atomic mass is 9.54. The van der Waals surface area contributed by atoms with Crippen LogP contribution in [0.3, 0.4) is 0 Å². The molecule has 0 spiro atoms. The number of phosphoric ester groups is 1. The van der Waals surface area contributed by atoms with Gasteiger partial charge in [0.1, 0.15) is 12.1 Å². The molecule has 1 unspecified atom stereocenters. The molecule has 0 heterocycles. The van der Waals surface area contributed by atoms with E-state index in [-0.39, 0.29) is 18.8 Å². The third-order valence-corrected chi connectivity index (χ3v) is 10.8. The van der Waals surface area contributed by atoms with E-state index < -0.39 is 7.82 Å². The maximum atomic E-state index is 12.4. The molecule has 5 fully saturated rings. The first-order valence-electron chi connectivity index (χ1n) is 15.4. The topological polar surface area (TPSA) is 58.6 Å². The number of unbranched alkanes of at least 4 members (excludes halogenated alkanes) is 8. The van der Waals surface area contributed by atoms with Gasteiger partial charge in [-0.15, -0.1) is 0 Å². The number of quaternary nitrogens is 1. The van der Waals surface area contributed by atoms with Crippen LogP contribution < -0.4 is 4.89 Å². The molecule has 3 atom stereocenters. The lowest BCUT2D eigenvalue weighted by Crippen LogP contribution is -2.53. The van der Waals surface area contributed by atoms with E-state index in [1.165, 1.54) is 64.2 Å². The van der Waals surface area contributed by atoms with Crippen molar-refractivity contribution in [3.05, 3.63) is 11.6 Å². The van der Waals surface area contributed by atoms with Crippen LogP contribution in [0.5, 0.6) is 0 Å². The molecule has 0 aromatic rings. The summed E-state index contributed by atoms with van der Waals surface area (Å²) in [5, 5.41) is 0. The quantitative estimate of drug-likeness (QED) is 0.0971. The van der Waals surface area contributed by atoms with Gasteiger partial charge in [-0.2, -0.15) is 0 Å². The molecule has 0 saturated heterocycles. The first-order chi connectivity index (χ1) is 17.2. The minimum Gasteiger partial charge on any atom is -0.756 e. The minimum absolute atomic E-state index is 0.207.